The monoisotopic (exact) mass is 188 g/mol. The van der Waals surface area contributed by atoms with Gasteiger partial charge >= 0.3 is 0 Å². The molecule has 1 heterocycles. The fraction of sp³-hybridized carbons (Fsp3) is 1.00. The summed E-state index contributed by atoms with van der Waals surface area (Å²) in [5.74, 6) is 1.21. The van der Waals surface area contributed by atoms with Crippen molar-refractivity contribution >= 4 is 11.8 Å². The second-order valence-corrected chi connectivity index (χ2v) is 6.24. The summed E-state index contributed by atoms with van der Waals surface area (Å²) in [4.78, 5) is 0. The van der Waals surface area contributed by atoms with Crippen LogP contribution in [-0.2, 0) is 0 Å². The van der Waals surface area contributed by atoms with Crippen molar-refractivity contribution in [2.45, 2.75) is 51.4 Å². The molecule has 0 aliphatic carbocycles. The Balaban J connectivity index is 2.79. The van der Waals surface area contributed by atoms with Gasteiger partial charge in [-0.05, 0) is 24.0 Å². The van der Waals surface area contributed by atoms with Crippen molar-refractivity contribution in [3.05, 3.63) is 0 Å². The van der Waals surface area contributed by atoms with Crippen molar-refractivity contribution in [3.63, 3.8) is 0 Å². The predicted molar refractivity (Wildman–Crippen MR) is 55.6 cm³/mol. The van der Waals surface area contributed by atoms with E-state index >= 15 is 0 Å². The minimum Gasteiger partial charge on any atom is -0.388 e. The first-order valence-corrected chi connectivity index (χ1v) is 5.77. The summed E-state index contributed by atoms with van der Waals surface area (Å²) < 4.78 is 0. The molecule has 0 aromatic carbocycles. The Hall–Kier alpha value is 0.310. The van der Waals surface area contributed by atoms with Gasteiger partial charge in [-0.25, -0.2) is 0 Å². The van der Waals surface area contributed by atoms with Crippen molar-refractivity contribution in [1.29, 1.82) is 0 Å². The van der Waals surface area contributed by atoms with Crippen molar-refractivity contribution in [2.75, 3.05) is 5.75 Å². The number of aliphatic hydroxyl groups is 1. The molecular weight excluding hydrogens is 168 g/mol. The number of rotatable bonds is 0. The molecule has 0 radical (unpaired) electrons. The topological polar surface area (TPSA) is 20.2 Å². The molecule has 0 aromatic rings. The summed E-state index contributed by atoms with van der Waals surface area (Å²) in [7, 11) is 0. The summed E-state index contributed by atoms with van der Waals surface area (Å²) in [6.45, 7) is 8.55. The summed E-state index contributed by atoms with van der Waals surface area (Å²) >= 11 is 1.90. The van der Waals surface area contributed by atoms with Crippen LogP contribution in [-0.4, -0.2) is 21.7 Å². The normalized spacial score (nSPS) is 38.2. The zero-order valence-corrected chi connectivity index (χ0v) is 9.37. The quantitative estimate of drug-likeness (QED) is 0.630. The lowest BCUT2D eigenvalue weighted by molar-refractivity contribution is -0.0651. The Morgan fingerprint density at radius 1 is 1.42 bits per heavy atom. The Bertz CT molecular complexity index is 162. The minimum atomic E-state index is -0.462. The van der Waals surface area contributed by atoms with Crippen LogP contribution in [0.3, 0.4) is 0 Å². The van der Waals surface area contributed by atoms with E-state index in [4.69, 9.17) is 0 Å². The largest absolute Gasteiger partial charge is 0.388 e. The smallest absolute Gasteiger partial charge is 0.0811 e. The molecule has 0 saturated carbocycles. The Kier molecular flexibility index (Phi) is 2.79. The third-order valence-electron chi connectivity index (χ3n) is 3.04. The van der Waals surface area contributed by atoms with E-state index in [-0.39, 0.29) is 5.41 Å². The zero-order chi connectivity index (χ0) is 9.41. The zero-order valence-electron chi connectivity index (χ0n) is 8.55. The molecule has 2 heteroatoms. The lowest BCUT2D eigenvalue weighted by atomic mass is 9.72. The molecule has 72 valence electrons. The fourth-order valence-electron chi connectivity index (χ4n) is 1.93. The van der Waals surface area contributed by atoms with Gasteiger partial charge in [0.25, 0.3) is 0 Å². The predicted octanol–water partition coefficient (Wildman–Crippen LogP) is 2.68. The van der Waals surface area contributed by atoms with E-state index in [1.807, 2.05) is 11.8 Å². The molecular formula is C10H20OS. The molecule has 1 saturated heterocycles. The molecule has 1 nitrogen and oxygen atoms in total. The van der Waals surface area contributed by atoms with E-state index in [9.17, 15) is 5.11 Å². The first-order valence-electron chi connectivity index (χ1n) is 4.72. The van der Waals surface area contributed by atoms with Gasteiger partial charge < -0.3 is 5.11 Å². The molecule has 1 rings (SSSR count). The summed E-state index contributed by atoms with van der Waals surface area (Å²) in [6.07, 6.45) is 2.12. The van der Waals surface area contributed by atoms with E-state index in [0.717, 1.165) is 12.8 Å². The fourth-order valence-corrected chi connectivity index (χ4v) is 3.34. The molecule has 0 amide bonds. The Labute approximate surface area is 79.9 Å². The molecule has 1 aliphatic rings. The maximum absolute atomic E-state index is 10.5. The first-order chi connectivity index (χ1) is 5.38. The molecule has 2 unspecified atom stereocenters. The minimum absolute atomic E-state index is 0.0137. The highest BCUT2D eigenvalue weighted by Gasteiger charge is 2.45. The van der Waals surface area contributed by atoms with E-state index in [1.165, 1.54) is 5.75 Å². The molecule has 1 fully saturated rings. The molecule has 0 aromatic heterocycles. The molecule has 1 aliphatic heterocycles. The van der Waals surface area contributed by atoms with Crippen molar-refractivity contribution in [2.24, 2.45) is 5.41 Å². The van der Waals surface area contributed by atoms with Gasteiger partial charge in [-0.2, -0.15) is 11.8 Å². The third-order valence-corrected chi connectivity index (χ3v) is 4.46. The van der Waals surface area contributed by atoms with Crippen LogP contribution in [0.15, 0.2) is 0 Å². The van der Waals surface area contributed by atoms with Gasteiger partial charge in [0.15, 0.2) is 0 Å². The van der Waals surface area contributed by atoms with Crippen molar-refractivity contribution < 1.29 is 5.11 Å². The van der Waals surface area contributed by atoms with Crippen LogP contribution in [0.4, 0.5) is 0 Å². The van der Waals surface area contributed by atoms with E-state index in [1.54, 1.807) is 0 Å². The highest BCUT2D eigenvalue weighted by molar-refractivity contribution is 8.00. The van der Waals surface area contributed by atoms with Gasteiger partial charge in [0.2, 0.25) is 0 Å². The summed E-state index contributed by atoms with van der Waals surface area (Å²) in [5, 5.41) is 10.8. The van der Waals surface area contributed by atoms with Gasteiger partial charge in [-0.3, -0.25) is 0 Å². The molecule has 0 spiro atoms. The van der Waals surface area contributed by atoms with E-state index in [0.29, 0.717) is 5.25 Å². The van der Waals surface area contributed by atoms with Crippen LogP contribution in [0.2, 0.25) is 0 Å². The second-order valence-electron chi connectivity index (χ2n) is 4.79. The molecule has 12 heavy (non-hydrogen) atoms. The lowest BCUT2D eigenvalue weighted by Crippen LogP contribution is -2.51. The average molecular weight is 188 g/mol. The van der Waals surface area contributed by atoms with Gasteiger partial charge in [0.05, 0.1) is 5.60 Å². The van der Waals surface area contributed by atoms with Crippen LogP contribution in [0, 0.1) is 5.41 Å². The van der Waals surface area contributed by atoms with E-state index < -0.39 is 5.60 Å². The van der Waals surface area contributed by atoms with Crippen LogP contribution in [0.5, 0.6) is 0 Å². The van der Waals surface area contributed by atoms with E-state index in [2.05, 4.69) is 27.7 Å². The average Bonchev–Trinajstić information content (AvgIpc) is 1.93. The Morgan fingerprint density at radius 3 is 2.33 bits per heavy atom. The number of hydrogen-bond acceptors (Lipinski definition) is 2. The molecule has 0 bridgehead atoms. The standard InChI is InChI=1S/C10H20OS/c1-8-10(11,9(2,3)4)6-5-7-12-8/h8,11H,5-7H2,1-4H3. The molecule has 2 atom stereocenters. The maximum Gasteiger partial charge on any atom is 0.0811 e. The second kappa shape index (κ2) is 3.22. The van der Waals surface area contributed by atoms with Gasteiger partial charge in [0.1, 0.15) is 0 Å². The summed E-state index contributed by atoms with van der Waals surface area (Å²) in [6, 6.07) is 0. The summed E-state index contributed by atoms with van der Waals surface area (Å²) in [5.41, 5.74) is -0.449. The number of hydrogen-bond donors (Lipinski definition) is 1. The highest BCUT2D eigenvalue weighted by Crippen LogP contribution is 2.44. The van der Waals surface area contributed by atoms with Crippen LogP contribution >= 0.6 is 11.8 Å². The van der Waals surface area contributed by atoms with Crippen molar-refractivity contribution in [1.82, 2.24) is 0 Å². The SMILES string of the molecule is CC1SCCCC1(O)C(C)(C)C. The third kappa shape index (κ3) is 1.64. The Morgan fingerprint density at radius 2 is 2.00 bits per heavy atom. The van der Waals surface area contributed by atoms with Gasteiger partial charge in [-0.15, -0.1) is 0 Å². The lowest BCUT2D eigenvalue weighted by Gasteiger charge is -2.47. The number of thioether (sulfide) groups is 1. The van der Waals surface area contributed by atoms with Crippen LogP contribution in [0.1, 0.15) is 40.5 Å². The highest BCUT2D eigenvalue weighted by atomic mass is 32.2. The van der Waals surface area contributed by atoms with Crippen molar-refractivity contribution in [3.8, 4) is 0 Å². The van der Waals surface area contributed by atoms with Crippen LogP contribution < -0.4 is 0 Å². The van der Waals surface area contributed by atoms with Gasteiger partial charge in [-0.1, -0.05) is 27.7 Å². The molecule has 1 N–H and O–H groups in total. The van der Waals surface area contributed by atoms with Crippen LogP contribution in [0.25, 0.3) is 0 Å². The van der Waals surface area contributed by atoms with Gasteiger partial charge in [0, 0.05) is 5.25 Å². The first kappa shape index (κ1) is 10.4. The maximum atomic E-state index is 10.5.